The number of carbonyl (C=O) groups is 1. The van der Waals surface area contributed by atoms with Crippen LogP contribution in [0.15, 0.2) is 17.5 Å². The first-order chi connectivity index (χ1) is 8.54. The second kappa shape index (κ2) is 5.10. The molecule has 1 atom stereocenters. The number of hydrogen-bond acceptors (Lipinski definition) is 5. The lowest BCUT2D eigenvalue weighted by Crippen LogP contribution is -2.61. The fourth-order valence-corrected chi connectivity index (χ4v) is 3.25. The molecule has 1 rings (SSSR count). The van der Waals surface area contributed by atoms with Gasteiger partial charge in [-0.1, -0.05) is 6.07 Å². The highest BCUT2D eigenvalue weighted by Crippen LogP contribution is 2.42. The van der Waals surface area contributed by atoms with Gasteiger partial charge in [0.05, 0.1) is 13.4 Å². The Kier molecular flexibility index (Phi) is 4.27. The summed E-state index contributed by atoms with van der Waals surface area (Å²) in [5, 5.41) is 1.29. The molecular weight excluding hydrogens is 307 g/mol. The van der Waals surface area contributed by atoms with E-state index in [1.165, 1.54) is 16.2 Å². The average Bonchev–Trinajstić information content (AvgIpc) is 2.75. The van der Waals surface area contributed by atoms with Crippen LogP contribution in [0.3, 0.4) is 0 Å². The van der Waals surface area contributed by atoms with Crippen LogP contribution in [-0.2, 0) is 25.1 Å². The topological polar surface area (TPSA) is 72.5 Å². The molecule has 0 aromatic carbocycles. The van der Waals surface area contributed by atoms with Gasteiger partial charge in [-0.25, -0.2) is 13.2 Å². The molecule has 0 spiro atoms. The number of ether oxygens (including phenoxy) is 1. The first kappa shape index (κ1) is 15.9. The van der Waals surface area contributed by atoms with E-state index in [1.54, 1.807) is 0 Å². The maximum Gasteiger partial charge on any atom is 0.423 e. The molecule has 0 aliphatic carbocycles. The van der Waals surface area contributed by atoms with Crippen molar-refractivity contribution in [1.82, 2.24) is 4.72 Å². The second-order valence-corrected chi connectivity index (χ2v) is 6.29. The Labute approximate surface area is 111 Å². The number of thiophene rings is 1. The van der Waals surface area contributed by atoms with E-state index in [1.807, 2.05) is 0 Å². The molecule has 0 aliphatic rings. The van der Waals surface area contributed by atoms with Gasteiger partial charge in [0, 0.05) is 4.88 Å². The number of halogens is 3. The molecule has 0 saturated heterocycles. The summed E-state index contributed by atoms with van der Waals surface area (Å²) in [6.07, 6.45) is -4.65. The third-order valence-electron chi connectivity index (χ3n) is 2.15. The van der Waals surface area contributed by atoms with Gasteiger partial charge in [0.15, 0.2) is 0 Å². The van der Waals surface area contributed by atoms with Gasteiger partial charge in [0.25, 0.3) is 5.54 Å². The predicted octanol–water partition coefficient (Wildman–Crippen LogP) is 1.23. The number of esters is 1. The minimum absolute atomic E-state index is 0.516. The number of sulfonamides is 1. The Morgan fingerprint density at radius 1 is 1.42 bits per heavy atom. The van der Waals surface area contributed by atoms with E-state index in [2.05, 4.69) is 4.74 Å². The predicted molar refractivity (Wildman–Crippen MR) is 62.0 cm³/mol. The van der Waals surface area contributed by atoms with Crippen molar-refractivity contribution in [3.8, 4) is 0 Å². The normalized spacial score (nSPS) is 15.8. The van der Waals surface area contributed by atoms with Crippen molar-refractivity contribution in [3.05, 3.63) is 22.4 Å². The van der Waals surface area contributed by atoms with Crippen molar-refractivity contribution in [1.29, 1.82) is 0 Å². The monoisotopic (exact) mass is 317 g/mol. The fraction of sp³-hybridized carbons (Fsp3) is 0.444. The van der Waals surface area contributed by atoms with Crippen LogP contribution >= 0.6 is 11.3 Å². The number of alkyl halides is 3. The summed E-state index contributed by atoms with van der Waals surface area (Å²) >= 11 is 0.593. The minimum Gasteiger partial charge on any atom is -0.467 e. The summed E-state index contributed by atoms with van der Waals surface area (Å²) in [5.41, 5.74) is -3.43. The third kappa shape index (κ3) is 3.07. The van der Waals surface area contributed by atoms with Crippen molar-refractivity contribution in [2.75, 3.05) is 13.4 Å². The van der Waals surface area contributed by atoms with Crippen molar-refractivity contribution in [2.24, 2.45) is 0 Å². The number of carbonyl (C=O) groups excluding carboxylic acids is 1. The van der Waals surface area contributed by atoms with Crippen LogP contribution in [0.25, 0.3) is 0 Å². The Bertz CT molecular complexity index is 553. The first-order valence-electron chi connectivity index (χ1n) is 4.72. The van der Waals surface area contributed by atoms with Gasteiger partial charge in [-0.05, 0) is 11.4 Å². The molecule has 10 heteroatoms. The molecule has 19 heavy (non-hydrogen) atoms. The van der Waals surface area contributed by atoms with Gasteiger partial charge in [-0.2, -0.15) is 17.9 Å². The molecule has 1 aromatic heterocycles. The smallest absolute Gasteiger partial charge is 0.423 e. The lowest BCUT2D eigenvalue weighted by molar-refractivity contribution is -0.210. The number of rotatable bonds is 4. The van der Waals surface area contributed by atoms with Crippen LogP contribution in [0, 0.1) is 0 Å². The lowest BCUT2D eigenvalue weighted by atomic mass is 9.98. The van der Waals surface area contributed by atoms with Gasteiger partial charge >= 0.3 is 12.1 Å². The SMILES string of the molecule is COC(=O)[C@@](NS(C)(=O)=O)(c1cccs1)C(F)(F)F. The standard InChI is InChI=1S/C9H10F3NO4S2/c1-17-7(14)8(9(10,11)12,13-19(2,15)16)6-4-3-5-18-6/h3-5,13H,1-2H3/t8-/m0/s1. The highest BCUT2D eigenvalue weighted by Gasteiger charge is 2.65. The van der Waals surface area contributed by atoms with Gasteiger partial charge in [0.2, 0.25) is 10.0 Å². The first-order valence-corrected chi connectivity index (χ1v) is 7.50. The van der Waals surface area contributed by atoms with Crippen molar-refractivity contribution < 1.29 is 31.1 Å². The Morgan fingerprint density at radius 2 is 2.00 bits per heavy atom. The maximum absolute atomic E-state index is 13.3. The molecule has 0 amide bonds. The zero-order valence-corrected chi connectivity index (χ0v) is 11.4. The summed E-state index contributed by atoms with van der Waals surface area (Å²) in [4.78, 5) is 11.1. The van der Waals surface area contributed by atoms with Crippen molar-refractivity contribution in [3.63, 3.8) is 0 Å². The molecule has 1 heterocycles. The Balaban J connectivity index is 3.57. The van der Waals surface area contributed by atoms with Crippen LogP contribution < -0.4 is 4.72 Å². The van der Waals surface area contributed by atoms with E-state index in [-0.39, 0.29) is 0 Å². The molecule has 0 aliphatic heterocycles. The summed E-state index contributed by atoms with van der Waals surface area (Å²) in [6.45, 7) is 0. The molecular formula is C9H10F3NO4S2. The highest BCUT2D eigenvalue weighted by atomic mass is 32.2. The molecule has 1 aromatic rings. The lowest BCUT2D eigenvalue weighted by Gasteiger charge is -2.31. The largest absolute Gasteiger partial charge is 0.467 e. The van der Waals surface area contributed by atoms with Crippen LogP contribution in [0.5, 0.6) is 0 Å². The van der Waals surface area contributed by atoms with E-state index in [0.717, 1.165) is 13.2 Å². The maximum atomic E-state index is 13.3. The molecule has 0 fully saturated rings. The molecule has 0 radical (unpaired) electrons. The van der Waals surface area contributed by atoms with Gasteiger partial charge in [-0.3, -0.25) is 0 Å². The fourth-order valence-electron chi connectivity index (χ4n) is 1.43. The van der Waals surface area contributed by atoms with E-state index >= 15 is 0 Å². The van der Waals surface area contributed by atoms with Crippen LogP contribution in [0.2, 0.25) is 0 Å². The van der Waals surface area contributed by atoms with Crippen LogP contribution in [0.4, 0.5) is 13.2 Å². The van der Waals surface area contributed by atoms with Crippen molar-refractivity contribution >= 4 is 27.3 Å². The minimum atomic E-state index is -5.19. The quantitative estimate of drug-likeness (QED) is 0.848. The van der Waals surface area contributed by atoms with E-state index in [4.69, 9.17) is 0 Å². The summed E-state index contributed by atoms with van der Waals surface area (Å²) in [7, 11) is -3.56. The highest BCUT2D eigenvalue weighted by molar-refractivity contribution is 7.88. The van der Waals surface area contributed by atoms with Crippen LogP contribution in [0.1, 0.15) is 4.88 Å². The zero-order chi connectivity index (χ0) is 14.9. The second-order valence-electron chi connectivity index (χ2n) is 3.59. The molecule has 0 saturated carbocycles. The van der Waals surface area contributed by atoms with Gasteiger partial charge in [0.1, 0.15) is 0 Å². The summed E-state index contributed by atoms with van der Waals surface area (Å²) in [5.74, 6) is -1.74. The summed E-state index contributed by atoms with van der Waals surface area (Å²) < 4.78 is 67.7. The number of methoxy groups -OCH3 is 1. The van der Waals surface area contributed by atoms with Gasteiger partial charge in [-0.15, -0.1) is 11.3 Å². The Morgan fingerprint density at radius 3 is 2.32 bits per heavy atom. The number of hydrogen-bond donors (Lipinski definition) is 1. The third-order valence-corrected chi connectivity index (χ3v) is 3.81. The molecule has 108 valence electrons. The molecule has 1 N–H and O–H groups in total. The molecule has 5 nitrogen and oxygen atoms in total. The van der Waals surface area contributed by atoms with Gasteiger partial charge < -0.3 is 4.74 Å². The number of nitrogens with one attached hydrogen (secondary N) is 1. The van der Waals surface area contributed by atoms with Crippen molar-refractivity contribution in [2.45, 2.75) is 11.7 Å². The van der Waals surface area contributed by atoms with Crippen LogP contribution in [-0.4, -0.2) is 33.9 Å². The van der Waals surface area contributed by atoms with E-state index in [0.29, 0.717) is 17.6 Å². The molecule has 0 unspecified atom stereocenters. The average molecular weight is 317 g/mol. The zero-order valence-electron chi connectivity index (χ0n) is 9.82. The van der Waals surface area contributed by atoms with E-state index in [9.17, 15) is 26.4 Å². The van der Waals surface area contributed by atoms with E-state index < -0.39 is 32.6 Å². The Hall–Kier alpha value is -1.13. The summed E-state index contributed by atoms with van der Waals surface area (Å²) in [6, 6.07) is 2.28. The molecule has 0 bridgehead atoms.